The number of rotatable bonds is 4. The summed E-state index contributed by atoms with van der Waals surface area (Å²) < 4.78 is 35.4. The number of hydrogen-bond donors (Lipinski definition) is 1. The van der Waals surface area contributed by atoms with Gasteiger partial charge in [-0.05, 0) is 57.6 Å². The molecule has 0 saturated carbocycles. The van der Waals surface area contributed by atoms with Crippen molar-refractivity contribution < 1.29 is 27.9 Å². The Hall–Kier alpha value is -2.75. The van der Waals surface area contributed by atoms with Crippen LogP contribution in [0.3, 0.4) is 0 Å². The Balaban J connectivity index is 1.30. The Bertz CT molecular complexity index is 1020. The number of hydrogen-bond acceptors (Lipinski definition) is 6. The first-order valence-corrected chi connectivity index (χ1v) is 13.1. The van der Waals surface area contributed by atoms with Crippen LogP contribution in [0.1, 0.15) is 64.9 Å². The van der Waals surface area contributed by atoms with Gasteiger partial charge in [0.05, 0.1) is 5.92 Å². The number of likely N-dealkylation sites (tertiary alicyclic amines) is 1. The van der Waals surface area contributed by atoms with Gasteiger partial charge < -0.3 is 14.5 Å². The van der Waals surface area contributed by atoms with Gasteiger partial charge in [0.15, 0.2) is 0 Å². The third-order valence-corrected chi connectivity index (χ3v) is 7.62. The van der Waals surface area contributed by atoms with Crippen molar-refractivity contribution in [3.63, 3.8) is 0 Å². The number of benzene rings is 1. The number of ether oxygens (including phenoxy) is 1. The highest BCUT2D eigenvalue weighted by atomic mass is 19.1. The van der Waals surface area contributed by atoms with Crippen LogP contribution in [0, 0.1) is 17.0 Å². The van der Waals surface area contributed by atoms with Crippen molar-refractivity contribution in [2.45, 2.75) is 64.9 Å². The van der Waals surface area contributed by atoms with Crippen LogP contribution in [0.15, 0.2) is 12.1 Å². The number of amides is 3. The van der Waals surface area contributed by atoms with Gasteiger partial charge in [-0.1, -0.05) is 6.92 Å². The average Bonchev–Trinajstić information content (AvgIpc) is 2.79. The van der Waals surface area contributed by atoms with E-state index in [2.05, 4.69) is 17.1 Å². The molecule has 204 valence electrons. The van der Waals surface area contributed by atoms with Crippen molar-refractivity contribution in [3.8, 4) is 0 Å². The lowest BCUT2D eigenvalue weighted by atomic mass is 9.80. The molecule has 3 fully saturated rings. The molecule has 4 rings (SSSR count). The lowest BCUT2D eigenvalue weighted by Crippen LogP contribution is -2.52. The molecule has 3 aliphatic heterocycles. The van der Waals surface area contributed by atoms with Gasteiger partial charge in [0.25, 0.3) is 0 Å². The molecule has 10 heteroatoms. The fourth-order valence-electron chi connectivity index (χ4n) is 5.47. The van der Waals surface area contributed by atoms with E-state index in [-0.39, 0.29) is 29.9 Å². The van der Waals surface area contributed by atoms with Gasteiger partial charge in [-0.25, -0.2) is 13.6 Å². The van der Waals surface area contributed by atoms with E-state index in [9.17, 15) is 23.2 Å². The molecule has 0 aliphatic carbocycles. The van der Waals surface area contributed by atoms with Gasteiger partial charge >= 0.3 is 6.09 Å². The molecule has 3 aliphatic rings. The van der Waals surface area contributed by atoms with Crippen LogP contribution < -0.4 is 10.2 Å². The van der Waals surface area contributed by atoms with Crippen LogP contribution in [0.25, 0.3) is 0 Å². The molecule has 1 aromatic rings. The van der Waals surface area contributed by atoms with E-state index in [1.54, 1.807) is 4.90 Å². The van der Waals surface area contributed by atoms with E-state index in [1.807, 2.05) is 25.7 Å². The highest BCUT2D eigenvalue weighted by Crippen LogP contribution is 2.35. The number of nitrogens with one attached hydrogen (secondary N) is 1. The fourth-order valence-corrected chi connectivity index (χ4v) is 5.47. The summed E-state index contributed by atoms with van der Waals surface area (Å²) in [6, 6.07) is 2.59. The van der Waals surface area contributed by atoms with Gasteiger partial charge in [0.1, 0.15) is 17.2 Å². The Morgan fingerprint density at radius 2 is 1.65 bits per heavy atom. The van der Waals surface area contributed by atoms with Crippen LogP contribution in [0.2, 0.25) is 0 Å². The summed E-state index contributed by atoms with van der Waals surface area (Å²) in [5.74, 6) is -3.57. The third-order valence-electron chi connectivity index (χ3n) is 7.62. The van der Waals surface area contributed by atoms with Gasteiger partial charge in [-0.3, -0.25) is 19.8 Å². The number of piperidine rings is 2. The maximum absolute atomic E-state index is 15.0. The van der Waals surface area contributed by atoms with Crippen molar-refractivity contribution in [2.75, 3.05) is 50.7 Å². The van der Waals surface area contributed by atoms with Gasteiger partial charge in [0.2, 0.25) is 11.8 Å². The molecule has 1 atom stereocenters. The standard InChI is InChI=1S/C27H38F2N4O4/c1-26(2,3)37-25(36)33-9-7-27(4,8-10-33)17-31-11-13-32(14-12-31)18-15-20(28)23(21(29)16-18)19-5-6-22(34)30-24(19)35/h15-16,19H,5-14,17H2,1-4H3,(H,30,34,35). The molecule has 1 aromatic carbocycles. The first-order chi connectivity index (χ1) is 17.3. The molecule has 3 saturated heterocycles. The number of anilines is 1. The third kappa shape index (κ3) is 6.58. The fraction of sp³-hybridized carbons (Fsp3) is 0.667. The first kappa shape index (κ1) is 27.3. The van der Waals surface area contributed by atoms with Crippen LogP contribution in [-0.2, 0) is 14.3 Å². The average molecular weight is 521 g/mol. The van der Waals surface area contributed by atoms with E-state index in [4.69, 9.17) is 4.74 Å². The minimum absolute atomic E-state index is 0.0664. The number of carbonyl (C=O) groups is 3. The van der Waals surface area contributed by atoms with Crippen LogP contribution in [-0.4, -0.2) is 79.1 Å². The molecule has 8 nitrogen and oxygen atoms in total. The Labute approximate surface area is 217 Å². The van der Waals surface area contributed by atoms with Crippen LogP contribution in [0.5, 0.6) is 0 Å². The molecule has 0 aromatic heterocycles. The predicted molar refractivity (Wildman–Crippen MR) is 135 cm³/mol. The SMILES string of the molecule is CC1(CN2CCN(c3cc(F)c(C4CCC(=O)NC4=O)c(F)c3)CC2)CCN(C(=O)OC(C)(C)C)CC1. The molecule has 3 heterocycles. The highest BCUT2D eigenvalue weighted by Gasteiger charge is 2.36. The normalized spacial score (nSPS) is 23.1. The Kier molecular flexibility index (Phi) is 7.78. The van der Waals surface area contributed by atoms with Gasteiger partial charge in [-0.15, -0.1) is 0 Å². The Morgan fingerprint density at radius 3 is 2.19 bits per heavy atom. The minimum Gasteiger partial charge on any atom is -0.444 e. The minimum atomic E-state index is -0.994. The smallest absolute Gasteiger partial charge is 0.410 e. The molecule has 1 N–H and O–H groups in total. The molecular formula is C27H38F2N4O4. The highest BCUT2D eigenvalue weighted by molar-refractivity contribution is 6.01. The summed E-state index contributed by atoms with van der Waals surface area (Å²) in [5, 5.41) is 2.17. The summed E-state index contributed by atoms with van der Waals surface area (Å²) in [5.41, 5.74) is -0.225. The zero-order chi connectivity index (χ0) is 27.0. The molecule has 37 heavy (non-hydrogen) atoms. The van der Waals surface area contributed by atoms with Gasteiger partial charge in [0, 0.05) is 63.5 Å². The maximum atomic E-state index is 15.0. The number of carbonyl (C=O) groups excluding carboxylic acids is 3. The lowest BCUT2D eigenvalue weighted by molar-refractivity contribution is -0.134. The van der Waals surface area contributed by atoms with Crippen LogP contribution >= 0.6 is 0 Å². The summed E-state index contributed by atoms with van der Waals surface area (Å²) in [6.45, 7) is 12.9. The molecule has 1 unspecified atom stereocenters. The maximum Gasteiger partial charge on any atom is 0.410 e. The number of piperazine rings is 1. The second-order valence-electron chi connectivity index (χ2n) is 11.9. The summed E-state index contributed by atoms with van der Waals surface area (Å²) in [7, 11) is 0. The van der Waals surface area contributed by atoms with E-state index in [0.29, 0.717) is 31.9 Å². The van der Waals surface area contributed by atoms with Gasteiger partial charge in [-0.2, -0.15) is 0 Å². The molecule has 0 spiro atoms. The van der Waals surface area contributed by atoms with E-state index in [0.717, 1.165) is 32.5 Å². The van der Waals surface area contributed by atoms with E-state index < -0.39 is 35.0 Å². The van der Waals surface area contributed by atoms with Crippen molar-refractivity contribution in [1.29, 1.82) is 0 Å². The topological polar surface area (TPSA) is 82.2 Å². The Morgan fingerprint density at radius 1 is 1.05 bits per heavy atom. The molecule has 0 bridgehead atoms. The van der Waals surface area contributed by atoms with Crippen molar-refractivity contribution >= 4 is 23.6 Å². The van der Waals surface area contributed by atoms with Crippen LogP contribution in [0.4, 0.5) is 19.3 Å². The monoisotopic (exact) mass is 520 g/mol. The number of halogens is 2. The summed E-state index contributed by atoms with van der Waals surface area (Å²) >= 11 is 0. The number of imide groups is 1. The van der Waals surface area contributed by atoms with Crippen molar-refractivity contribution in [3.05, 3.63) is 29.3 Å². The molecular weight excluding hydrogens is 482 g/mol. The lowest BCUT2D eigenvalue weighted by Gasteiger charge is -2.44. The second-order valence-corrected chi connectivity index (χ2v) is 11.9. The van der Waals surface area contributed by atoms with E-state index in [1.165, 1.54) is 12.1 Å². The van der Waals surface area contributed by atoms with Crippen molar-refractivity contribution in [2.24, 2.45) is 5.41 Å². The first-order valence-electron chi connectivity index (χ1n) is 13.1. The van der Waals surface area contributed by atoms with E-state index >= 15 is 0 Å². The van der Waals surface area contributed by atoms with Crippen molar-refractivity contribution in [1.82, 2.24) is 15.1 Å². The second kappa shape index (κ2) is 10.6. The molecule has 3 amide bonds. The summed E-state index contributed by atoms with van der Waals surface area (Å²) in [4.78, 5) is 42.0. The summed E-state index contributed by atoms with van der Waals surface area (Å²) in [6.07, 6.45) is 1.70. The zero-order valence-corrected chi connectivity index (χ0v) is 22.2. The molecule has 0 radical (unpaired) electrons. The predicted octanol–water partition coefficient (Wildman–Crippen LogP) is 3.64. The zero-order valence-electron chi connectivity index (χ0n) is 22.2. The largest absolute Gasteiger partial charge is 0.444 e. The quantitative estimate of drug-likeness (QED) is 0.611. The number of nitrogens with zero attached hydrogens (tertiary/aromatic N) is 3.